The first-order valence-electron chi connectivity index (χ1n) is 7.08. The summed E-state index contributed by atoms with van der Waals surface area (Å²) in [6, 6.07) is 8.13. The Kier molecular flexibility index (Phi) is 8.11. The van der Waals surface area contributed by atoms with E-state index in [1.54, 1.807) is 0 Å². The van der Waals surface area contributed by atoms with Gasteiger partial charge in [-0.05, 0) is 56.0 Å². The second-order valence-corrected chi connectivity index (χ2v) is 5.95. The summed E-state index contributed by atoms with van der Waals surface area (Å²) < 4.78 is 5.68. The molecule has 0 radical (unpaired) electrons. The van der Waals surface area contributed by atoms with E-state index in [0.29, 0.717) is 11.8 Å². The van der Waals surface area contributed by atoms with E-state index in [1.165, 1.54) is 5.56 Å². The molecule has 19 heavy (non-hydrogen) atoms. The molecule has 0 heterocycles. The van der Waals surface area contributed by atoms with E-state index in [1.807, 2.05) is 19.2 Å². The van der Waals surface area contributed by atoms with Crippen molar-refractivity contribution in [3.8, 4) is 0 Å². The van der Waals surface area contributed by atoms with E-state index in [9.17, 15) is 0 Å². The Hall–Kier alpha value is -0.570. The third-order valence-electron chi connectivity index (χ3n) is 3.03. The topological polar surface area (TPSA) is 21.3 Å². The fraction of sp³-hybridized carbons (Fsp3) is 0.625. The Labute approximate surface area is 122 Å². The molecule has 1 aromatic rings. The number of hydrogen-bond donors (Lipinski definition) is 1. The van der Waals surface area contributed by atoms with Crippen LogP contribution in [0.3, 0.4) is 0 Å². The van der Waals surface area contributed by atoms with Crippen LogP contribution in [-0.4, -0.2) is 26.8 Å². The van der Waals surface area contributed by atoms with E-state index >= 15 is 0 Å². The van der Waals surface area contributed by atoms with Gasteiger partial charge in [0.25, 0.3) is 0 Å². The third-order valence-corrected chi connectivity index (χ3v) is 3.26. The Morgan fingerprint density at radius 1 is 1.32 bits per heavy atom. The van der Waals surface area contributed by atoms with Crippen molar-refractivity contribution in [2.45, 2.75) is 26.7 Å². The van der Waals surface area contributed by atoms with Crippen molar-refractivity contribution in [2.75, 3.05) is 26.8 Å². The first kappa shape index (κ1) is 16.5. The summed E-state index contributed by atoms with van der Waals surface area (Å²) in [4.78, 5) is 0. The van der Waals surface area contributed by atoms with Gasteiger partial charge in [0.1, 0.15) is 0 Å². The standard InChI is InChI=1S/C16H26ClNO/c1-13(2)12-19-8-7-15(11-18-3)9-14-5-4-6-16(17)10-14/h4-6,10,13,15,18H,7-9,11-12H2,1-3H3. The first-order chi connectivity index (χ1) is 9.11. The quantitative estimate of drug-likeness (QED) is 0.697. The van der Waals surface area contributed by atoms with Gasteiger partial charge >= 0.3 is 0 Å². The molecule has 0 bridgehead atoms. The molecular weight excluding hydrogens is 258 g/mol. The number of hydrogen-bond acceptors (Lipinski definition) is 2. The Bertz CT molecular complexity index is 354. The van der Waals surface area contributed by atoms with Crippen molar-refractivity contribution < 1.29 is 4.74 Å². The molecule has 3 heteroatoms. The number of nitrogens with one attached hydrogen (secondary N) is 1. The summed E-state index contributed by atoms with van der Waals surface area (Å²) >= 11 is 6.03. The van der Waals surface area contributed by atoms with Gasteiger partial charge in [-0.15, -0.1) is 0 Å². The molecule has 108 valence electrons. The second-order valence-electron chi connectivity index (χ2n) is 5.52. The number of benzene rings is 1. The Morgan fingerprint density at radius 2 is 2.11 bits per heavy atom. The fourth-order valence-electron chi connectivity index (χ4n) is 2.13. The molecule has 2 nitrogen and oxygen atoms in total. The maximum absolute atomic E-state index is 6.03. The predicted octanol–water partition coefficient (Wildman–Crippen LogP) is 3.78. The molecule has 0 saturated carbocycles. The van der Waals surface area contributed by atoms with Crippen LogP contribution in [-0.2, 0) is 11.2 Å². The van der Waals surface area contributed by atoms with Crippen LogP contribution in [0.15, 0.2) is 24.3 Å². The average molecular weight is 284 g/mol. The lowest BCUT2D eigenvalue weighted by Crippen LogP contribution is -2.22. The monoisotopic (exact) mass is 283 g/mol. The van der Waals surface area contributed by atoms with E-state index < -0.39 is 0 Å². The van der Waals surface area contributed by atoms with Gasteiger partial charge in [-0.2, -0.15) is 0 Å². The zero-order valence-electron chi connectivity index (χ0n) is 12.3. The molecule has 1 N–H and O–H groups in total. The molecule has 0 spiro atoms. The van der Waals surface area contributed by atoms with Crippen molar-refractivity contribution >= 4 is 11.6 Å². The number of halogens is 1. The lowest BCUT2D eigenvalue weighted by Gasteiger charge is -2.17. The van der Waals surface area contributed by atoms with Gasteiger partial charge in [0, 0.05) is 18.2 Å². The van der Waals surface area contributed by atoms with Crippen molar-refractivity contribution in [3.63, 3.8) is 0 Å². The van der Waals surface area contributed by atoms with Crippen LogP contribution in [0.25, 0.3) is 0 Å². The maximum atomic E-state index is 6.03. The Morgan fingerprint density at radius 3 is 2.74 bits per heavy atom. The summed E-state index contributed by atoms with van der Waals surface area (Å²) in [5.74, 6) is 1.20. The molecule has 1 aromatic carbocycles. The molecular formula is C16H26ClNO. The van der Waals surface area contributed by atoms with Gasteiger partial charge < -0.3 is 10.1 Å². The van der Waals surface area contributed by atoms with Crippen molar-refractivity contribution in [2.24, 2.45) is 11.8 Å². The average Bonchev–Trinajstić information content (AvgIpc) is 2.34. The minimum Gasteiger partial charge on any atom is -0.381 e. The maximum Gasteiger partial charge on any atom is 0.0488 e. The minimum atomic E-state index is 0.593. The molecule has 1 atom stereocenters. The molecule has 0 aliphatic rings. The smallest absolute Gasteiger partial charge is 0.0488 e. The van der Waals surface area contributed by atoms with Crippen molar-refractivity contribution in [1.29, 1.82) is 0 Å². The van der Waals surface area contributed by atoms with Crippen molar-refractivity contribution in [1.82, 2.24) is 5.32 Å². The number of rotatable bonds is 9. The zero-order chi connectivity index (χ0) is 14.1. The first-order valence-corrected chi connectivity index (χ1v) is 7.46. The summed E-state index contributed by atoms with van der Waals surface area (Å²) in [5.41, 5.74) is 1.30. The summed E-state index contributed by atoms with van der Waals surface area (Å²) in [6.45, 7) is 7.06. The lowest BCUT2D eigenvalue weighted by atomic mass is 9.96. The van der Waals surface area contributed by atoms with Crippen LogP contribution < -0.4 is 5.32 Å². The molecule has 0 amide bonds. The molecule has 0 aliphatic carbocycles. The number of ether oxygens (including phenoxy) is 1. The second kappa shape index (κ2) is 9.35. The van der Waals surface area contributed by atoms with Crippen LogP contribution in [0.1, 0.15) is 25.8 Å². The zero-order valence-corrected chi connectivity index (χ0v) is 13.0. The van der Waals surface area contributed by atoms with Gasteiger partial charge in [-0.25, -0.2) is 0 Å². The highest BCUT2D eigenvalue weighted by Gasteiger charge is 2.09. The van der Waals surface area contributed by atoms with Gasteiger partial charge in [-0.1, -0.05) is 37.6 Å². The highest BCUT2D eigenvalue weighted by molar-refractivity contribution is 6.30. The van der Waals surface area contributed by atoms with E-state index in [4.69, 9.17) is 16.3 Å². The molecule has 1 unspecified atom stereocenters. The highest BCUT2D eigenvalue weighted by atomic mass is 35.5. The predicted molar refractivity (Wildman–Crippen MR) is 82.8 cm³/mol. The third kappa shape index (κ3) is 7.56. The van der Waals surface area contributed by atoms with Crippen LogP contribution in [0.2, 0.25) is 5.02 Å². The molecule has 0 aromatic heterocycles. The van der Waals surface area contributed by atoms with E-state index in [2.05, 4.69) is 31.3 Å². The van der Waals surface area contributed by atoms with E-state index in [0.717, 1.165) is 37.6 Å². The van der Waals surface area contributed by atoms with Gasteiger partial charge in [0.05, 0.1) is 0 Å². The summed E-state index contributed by atoms with van der Waals surface area (Å²) in [6.07, 6.45) is 2.13. The molecule has 1 rings (SSSR count). The largest absolute Gasteiger partial charge is 0.381 e. The van der Waals surface area contributed by atoms with Crippen LogP contribution >= 0.6 is 11.6 Å². The molecule has 0 fully saturated rings. The van der Waals surface area contributed by atoms with Crippen LogP contribution in [0.4, 0.5) is 0 Å². The van der Waals surface area contributed by atoms with Crippen molar-refractivity contribution in [3.05, 3.63) is 34.9 Å². The summed E-state index contributed by atoms with van der Waals surface area (Å²) in [7, 11) is 2.00. The summed E-state index contributed by atoms with van der Waals surface area (Å²) in [5, 5.41) is 4.08. The normalized spacial score (nSPS) is 12.9. The van der Waals surface area contributed by atoms with Crippen LogP contribution in [0, 0.1) is 11.8 Å². The lowest BCUT2D eigenvalue weighted by molar-refractivity contribution is 0.0978. The van der Waals surface area contributed by atoms with Gasteiger partial charge in [0.15, 0.2) is 0 Å². The van der Waals surface area contributed by atoms with Gasteiger partial charge in [-0.3, -0.25) is 0 Å². The molecule has 0 aliphatic heterocycles. The SMILES string of the molecule is CNCC(CCOCC(C)C)Cc1cccc(Cl)c1. The van der Waals surface area contributed by atoms with Crippen LogP contribution in [0.5, 0.6) is 0 Å². The fourth-order valence-corrected chi connectivity index (χ4v) is 2.34. The highest BCUT2D eigenvalue weighted by Crippen LogP contribution is 2.16. The van der Waals surface area contributed by atoms with E-state index in [-0.39, 0.29) is 0 Å². The van der Waals surface area contributed by atoms with Gasteiger partial charge in [0.2, 0.25) is 0 Å². The Balaban J connectivity index is 2.39. The molecule has 0 saturated heterocycles. The minimum absolute atomic E-state index is 0.593.